The topological polar surface area (TPSA) is 65.2 Å². The number of rotatable bonds is 3. The molecule has 0 unspecified atom stereocenters. The van der Waals surface area contributed by atoms with E-state index in [9.17, 15) is 9.18 Å². The standard InChI is InChI=1S/C14H13FN2O3/c1-8-7-9(15)3-4-10(8)11-16-12(20-17-11)14(5-6-14)13(18)19-2/h3-4,7H,5-6H2,1-2H3. The first-order chi connectivity index (χ1) is 9.56. The highest BCUT2D eigenvalue weighted by molar-refractivity contribution is 5.85. The van der Waals surface area contributed by atoms with Gasteiger partial charge in [-0.1, -0.05) is 5.16 Å². The van der Waals surface area contributed by atoms with Crippen LogP contribution in [-0.2, 0) is 14.9 Å². The van der Waals surface area contributed by atoms with Crippen LogP contribution in [0.15, 0.2) is 22.7 Å². The molecule has 3 rings (SSSR count). The number of benzene rings is 1. The van der Waals surface area contributed by atoms with Crippen molar-refractivity contribution in [1.82, 2.24) is 10.1 Å². The number of hydrogen-bond acceptors (Lipinski definition) is 5. The summed E-state index contributed by atoms with van der Waals surface area (Å²) in [5.74, 6) is -0.0533. The minimum absolute atomic E-state index is 0.267. The molecule has 1 aliphatic carbocycles. The molecule has 1 aliphatic rings. The Morgan fingerprint density at radius 2 is 2.20 bits per heavy atom. The molecule has 0 N–H and O–H groups in total. The summed E-state index contributed by atoms with van der Waals surface area (Å²) in [6.07, 6.45) is 1.29. The average Bonchev–Trinajstić information content (AvgIpc) is 3.10. The van der Waals surface area contributed by atoms with Gasteiger partial charge in [0, 0.05) is 5.56 Å². The summed E-state index contributed by atoms with van der Waals surface area (Å²) in [5.41, 5.74) is 0.607. The van der Waals surface area contributed by atoms with Crippen LogP contribution >= 0.6 is 0 Å². The first-order valence-corrected chi connectivity index (χ1v) is 6.26. The van der Waals surface area contributed by atoms with E-state index in [4.69, 9.17) is 9.26 Å². The number of halogens is 1. The normalized spacial score (nSPS) is 15.9. The van der Waals surface area contributed by atoms with Gasteiger partial charge in [-0.05, 0) is 43.5 Å². The van der Waals surface area contributed by atoms with Gasteiger partial charge in [0.2, 0.25) is 11.7 Å². The van der Waals surface area contributed by atoms with Gasteiger partial charge >= 0.3 is 5.97 Å². The number of carbonyl (C=O) groups excluding carboxylic acids is 1. The molecule has 1 heterocycles. The van der Waals surface area contributed by atoms with Gasteiger partial charge in [-0.3, -0.25) is 4.79 Å². The number of ether oxygens (including phenoxy) is 1. The summed E-state index contributed by atoms with van der Waals surface area (Å²) >= 11 is 0. The molecule has 0 saturated heterocycles. The van der Waals surface area contributed by atoms with Crippen LogP contribution in [0.2, 0.25) is 0 Å². The van der Waals surface area contributed by atoms with Crippen molar-refractivity contribution in [2.75, 3.05) is 7.11 Å². The second-order valence-corrected chi connectivity index (χ2v) is 4.96. The maximum atomic E-state index is 13.1. The molecule has 0 aliphatic heterocycles. The van der Waals surface area contributed by atoms with Crippen molar-refractivity contribution in [2.24, 2.45) is 0 Å². The molecule has 0 atom stereocenters. The van der Waals surface area contributed by atoms with E-state index in [2.05, 4.69) is 10.1 Å². The van der Waals surface area contributed by atoms with Crippen LogP contribution in [0.1, 0.15) is 24.3 Å². The van der Waals surface area contributed by atoms with Gasteiger partial charge in [0.1, 0.15) is 11.2 Å². The first kappa shape index (κ1) is 12.8. The Morgan fingerprint density at radius 1 is 1.45 bits per heavy atom. The zero-order valence-corrected chi connectivity index (χ0v) is 11.1. The van der Waals surface area contributed by atoms with Crippen molar-refractivity contribution >= 4 is 5.97 Å². The van der Waals surface area contributed by atoms with E-state index in [1.54, 1.807) is 13.0 Å². The Labute approximate surface area is 114 Å². The van der Waals surface area contributed by atoms with E-state index >= 15 is 0 Å². The van der Waals surface area contributed by atoms with E-state index in [0.29, 0.717) is 29.8 Å². The third-order valence-corrected chi connectivity index (χ3v) is 3.59. The van der Waals surface area contributed by atoms with Crippen LogP contribution in [-0.4, -0.2) is 23.2 Å². The molecular weight excluding hydrogens is 263 g/mol. The lowest BCUT2D eigenvalue weighted by Crippen LogP contribution is -2.22. The number of methoxy groups -OCH3 is 1. The molecule has 20 heavy (non-hydrogen) atoms. The van der Waals surface area contributed by atoms with Crippen LogP contribution in [0.25, 0.3) is 11.4 Å². The monoisotopic (exact) mass is 276 g/mol. The number of aryl methyl sites for hydroxylation is 1. The summed E-state index contributed by atoms with van der Waals surface area (Å²) in [7, 11) is 1.34. The van der Waals surface area contributed by atoms with Crippen LogP contribution in [0.5, 0.6) is 0 Å². The van der Waals surface area contributed by atoms with Crippen molar-refractivity contribution in [3.8, 4) is 11.4 Å². The van der Waals surface area contributed by atoms with Gasteiger partial charge in [0.15, 0.2) is 0 Å². The van der Waals surface area contributed by atoms with Crippen molar-refractivity contribution in [1.29, 1.82) is 0 Å². The summed E-state index contributed by atoms with van der Waals surface area (Å²) in [6.45, 7) is 1.77. The van der Waals surface area contributed by atoms with E-state index < -0.39 is 5.41 Å². The largest absolute Gasteiger partial charge is 0.468 e. The third kappa shape index (κ3) is 1.88. The number of aromatic nitrogens is 2. The highest BCUT2D eigenvalue weighted by atomic mass is 19.1. The fourth-order valence-electron chi connectivity index (χ4n) is 2.23. The molecule has 1 saturated carbocycles. The Morgan fingerprint density at radius 3 is 2.80 bits per heavy atom. The highest BCUT2D eigenvalue weighted by Crippen LogP contribution is 2.48. The average molecular weight is 276 g/mol. The Hall–Kier alpha value is -2.24. The highest BCUT2D eigenvalue weighted by Gasteiger charge is 2.57. The first-order valence-electron chi connectivity index (χ1n) is 6.26. The minimum Gasteiger partial charge on any atom is -0.468 e. The summed E-state index contributed by atoms with van der Waals surface area (Å²) in [4.78, 5) is 16.0. The van der Waals surface area contributed by atoms with Crippen molar-refractivity contribution < 1.29 is 18.4 Å². The van der Waals surface area contributed by atoms with Gasteiger partial charge in [-0.15, -0.1) is 0 Å². The van der Waals surface area contributed by atoms with Crippen molar-refractivity contribution in [2.45, 2.75) is 25.2 Å². The molecular formula is C14H13FN2O3. The Bertz CT molecular complexity index is 677. The quantitative estimate of drug-likeness (QED) is 0.805. The minimum atomic E-state index is -0.784. The SMILES string of the molecule is COC(=O)C1(c2nc(-c3ccc(F)cc3C)no2)CC1. The Balaban J connectivity index is 1.97. The van der Waals surface area contributed by atoms with Gasteiger partial charge < -0.3 is 9.26 Å². The molecule has 0 amide bonds. The maximum absolute atomic E-state index is 13.1. The summed E-state index contributed by atoms with van der Waals surface area (Å²) in [6, 6.07) is 4.33. The molecule has 104 valence electrons. The van der Waals surface area contributed by atoms with Crippen LogP contribution in [0.4, 0.5) is 4.39 Å². The molecule has 0 spiro atoms. The molecule has 1 aromatic heterocycles. The van der Waals surface area contributed by atoms with Gasteiger partial charge in [0.25, 0.3) is 0 Å². The lowest BCUT2D eigenvalue weighted by molar-refractivity contribution is -0.144. The van der Waals surface area contributed by atoms with E-state index in [1.807, 2.05) is 0 Å². The van der Waals surface area contributed by atoms with Gasteiger partial charge in [-0.25, -0.2) is 4.39 Å². The number of nitrogens with zero attached hydrogens (tertiary/aromatic N) is 2. The van der Waals surface area contributed by atoms with E-state index in [1.165, 1.54) is 19.2 Å². The van der Waals surface area contributed by atoms with E-state index in [-0.39, 0.29) is 17.7 Å². The summed E-state index contributed by atoms with van der Waals surface area (Å²) in [5, 5.41) is 3.88. The van der Waals surface area contributed by atoms with Gasteiger partial charge in [0.05, 0.1) is 7.11 Å². The molecule has 5 nitrogen and oxygen atoms in total. The fourth-order valence-corrected chi connectivity index (χ4v) is 2.23. The lowest BCUT2D eigenvalue weighted by atomic mass is 10.1. The maximum Gasteiger partial charge on any atom is 0.321 e. The number of hydrogen-bond donors (Lipinski definition) is 0. The third-order valence-electron chi connectivity index (χ3n) is 3.59. The van der Waals surface area contributed by atoms with Crippen LogP contribution < -0.4 is 0 Å². The molecule has 0 radical (unpaired) electrons. The molecule has 0 bridgehead atoms. The van der Waals surface area contributed by atoms with Crippen molar-refractivity contribution in [3.05, 3.63) is 35.5 Å². The summed E-state index contributed by atoms with van der Waals surface area (Å²) < 4.78 is 23.1. The number of carbonyl (C=O) groups is 1. The Kier molecular flexibility index (Phi) is 2.81. The van der Waals surface area contributed by atoms with Crippen molar-refractivity contribution in [3.63, 3.8) is 0 Å². The fraction of sp³-hybridized carbons (Fsp3) is 0.357. The second kappa shape index (κ2) is 4.40. The molecule has 2 aromatic rings. The van der Waals surface area contributed by atoms with Crippen LogP contribution in [0, 0.1) is 12.7 Å². The second-order valence-electron chi connectivity index (χ2n) is 4.96. The lowest BCUT2D eigenvalue weighted by Gasteiger charge is -2.05. The van der Waals surface area contributed by atoms with E-state index in [0.717, 1.165) is 0 Å². The van der Waals surface area contributed by atoms with Crippen LogP contribution in [0.3, 0.4) is 0 Å². The zero-order valence-electron chi connectivity index (χ0n) is 11.1. The number of esters is 1. The predicted molar refractivity (Wildman–Crippen MR) is 67.4 cm³/mol. The molecule has 6 heteroatoms. The zero-order chi connectivity index (χ0) is 14.3. The smallest absolute Gasteiger partial charge is 0.321 e. The van der Waals surface area contributed by atoms with Gasteiger partial charge in [-0.2, -0.15) is 4.98 Å². The molecule has 1 aromatic carbocycles. The predicted octanol–water partition coefficient (Wildman–Crippen LogP) is 2.39. The molecule has 1 fully saturated rings.